The van der Waals surface area contributed by atoms with Crippen LogP contribution in [0.25, 0.3) is 38.2 Å². The topological polar surface area (TPSA) is 50.0 Å². The third-order valence-electron chi connectivity index (χ3n) is 7.03. The first kappa shape index (κ1) is 38.8. The van der Waals surface area contributed by atoms with Crippen LogP contribution in [0.5, 0.6) is 5.75 Å². The predicted molar refractivity (Wildman–Crippen MR) is 222 cm³/mol. The first-order valence-corrected chi connectivity index (χ1v) is 17.7. The zero-order valence-corrected chi connectivity index (χ0v) is 31.5. The molecule has 1 aliphatic carbocycles. The van der Waals surface area contributed by atoms with E-state index in [9.17, 15) is 0 Å². The SMILES string of the molecule is C=C(/C(=C\C=C1\C=CC=CC1)OP)c1c(OP)ccc2ccccc12.CCC.CCC.c1ccc2[nH]ccc2c1.c1ccc2[nH]ccc2c1. The van der Waals surface area contributed by atoms with Gasteiger partial charge in [-0.05, 0) is 69.9 Å². The molecule has 6 aromatic rings. The molecule has 0 fully saturated rings. The first-order valence-electron chi connectivity index (χ1n) is 16.7. The number of aromatic amines is 2. The smallest absolute Gasteiger partial charge is 0.131 e. The maximum absolute atomic E-state index is 5.54. The van der Waals surface area contributed by atoms with E-state index in [4.69, 9.17) is 9.05 Å². The Bertz CT molecular complexity index is 1870. The quantitative estimate of drug-likeness (QED) is 0.108. The lowest BCUT2D eigenvalue weighted by molar-refractivity contribution is 0.526. The van der Waals surface area contributed by atoms with Crippen molar-refractivity contribution in [2.45, 2.75) is 47.0 Å². The number of H-pyrrole nitrogens is 2. The molecule has 6 heteroatoms. The second kappa shape index (κ2) is 22.1. The number of allylic oxidation sites excluding steroid dienone is 8. The number of para-hydroxylation sites is 2. The lowest BCUT2D eigenvalue weighted by Gasteiger charge is -2.16. The maximum Gasteiger partial charge on any atom is 0.131 e. The summed E-state index contributed by atoms with van der Waals surface area (Å²) in [7, 11) is 4.62. The van der Waals surface area contributed by atoms with Gasteiger partial charge in [-0.25, -0.2) is 0 Å². The molecule has 2 aromatic heterocycles. The summed E-state index contributed by atoms with van der Waals surface area (Å²) in [6, 6.07) is 32.7. The molecule has 0 spiro atoms. The lowest BCUT2D eigenvalue weighted by Crippen LogP contribution is -1.94. The Morgan fingerprint density at radius 3 is 1.78 bits per heavy atom. The van der Waals surface area contributed by atoms with Gasteiger partial charge in [0.1, 0.15) is 11.5 Å². The number of fused-ring (bicyclic) bond motifs is 3. The van der Waals surface area contributed by atoms with E-state index in [1.807, 2.05) is 79.2 Å². The molecule has 0 aliphatic heterocycles. The minimum atomic E-state index is 0.681. The summed E-state index contributed by atoms with van der Waals surface area (Å²) < 4.78 is 11.0. The van der Waals surface area contributed by atoms with E-state index in [1.54, 1.807) is 0 Å². The van der Waals surface area contributed by atoms with Crippen LogP contribution in [-0.2, 0) is 4.52 Å². The van der Waals surface area contributed by atoms with Gasteiger partial charge in [0.2, 0.25) is 0 Å². The largest absolute Gasteiger partial charge is 0.480 e. The maximum atomic E-state index is 5.54. The molecular weight excluding hydrogens is 638 g/mol. The number of aromatic nitrogens is 2. The minimum absolute atomic E-state index is 0.681. The molecule has 1 aliphatic rings. The van der Waals surface area contributed by atoms with Gasteiger partial charge in [-0.15, -0.1) is 0 Å². The van der Waals surface area contributed by atoms with E-state index in [2.05, 4.69) is 130 Å². The predicted octanol–water partition coefficient (Wildman–Crippen LogP) is 13.3. The second-order valence-corrected chi connectivity index (χ2v) is 11.7. The van der Waals surface area contributed by atoms with E-state index in [-0.39, 0.29) is 0 Å². The fourth-order valence-electron chi connectivity index (χ4n) is 4.82. The van der Waals surface area contributed by atoms with Crippen LogP contribution in [-0.4, -0.2) is 9.97 Å². The molecule has 2 heterocycles. The summed E-state index contributed by atoms with van der Waals surface area (Å²) >= 11 is 0. The van der Waals surface area contributed by atoms with E-state index < -0.39 is 0 Å². The minimum Gasteiger partial charge on any atom is -0.480 e. The van der Waals surface area contributed by atoms with Crippen LogP contribution in [0, 0.1) is 0 Å². The van der Waals surface area contributed by atoms with Gasteiger partial charge in [0, 0.05) is 34.6 Å². The summed E-state index contributed by atoms with van der Waals surface area (Å²) in [5, 5.41) is 4.76. The molecule has 7 rings (SSSR count). The highest BCUT2D eigenvalue weighted by molar-refractivity contribution is 7.10. The van der Waals surface area contributed by atoms with Gasteiger partial charge in [0.05, 0.1) is 18.9 Å². The van der Waals surface area contributed by atoms with Crippen LogP contribution >= 0.6 is 18.9 Å². The van der Waals surface area contributed by atoms with Crippen molar-refractivity contribution in [1.29, 1.82) is 0 Å². The zero-order valence-electron chi connectivity index (χ0n) is 29.2. The van der Waals surface area contributed by atoms with Crippen LogP contribution in [0.15, 0.2) is 164 Å². The van der Waals surface area contributed by atoms with Crippen molar-refractivity contribution in [2.24, 2.45) is 0 Å². The normalized spacial score (nSPS) is 12.4. The molecule has 0 bridgehead atoms. The molecule has 4 nitrogen and oxygen atoms in total. The number of benzene rings is 4. The Kier molecular flexibility index (Phi) is 17.5. The highest BCUT2D eigenvalue weighted by Crippen LogP contribution is 2.38. The number of rotatable bonds is 5. The van der Waals surface area contributed by atoms with E-state index in [0.717, 1.165) is 34.1 Å². The van der Waals surface area contributed by atoms with Crippen molar-refractivity contribution >= 4 is 57.1 Å². The van der Waals surface area contributed by atoms with Crippen LogP contribution in [0.2, 0.25) is 0 Å². The molecule has 0 amide bonds. The van der Waals surface area contributed by atoms with E-state index in [1.165, 1.54) is 40.2 Å². The zero-order chi connectivity index (χ0) is 35.3. The molecule has 2 unspecified atom stereocenters. The molecule has 0 saturated carbocycles. The highest BCUT2D eigenvalue weighted by Gasteiger charge is 2.15. The Morgan fingerprint density at radius 1 is 0.714 bits per heavy atom. The van der Waals surface area contributed by atoms with Crippen molar-refractivity contribution in [1.82, 2.24) is 9.97 Å². The van der Waals surface area contributed by atoms with Gasteiger partial charge < -0.3 is 19.0 Å². The Morgan fingerprint density at radius 2 is 1.27 bits per heavy atom. The van der Waals surface area contributed by atoms with Gasteiger partial charge in [0.25, 0.3) is 0 Å². The average molecular weight is 689 g/mol. The molecule has 2 N–H and O–H groups in total. The van der Waals surface area contributed by atoms with Gasteiger partial charge in [-0.3, -0.25) is 0 Å². The molecule has 4 aromatic carbocycles. The van der Waals surface area contributed by atoms with Gasteiger partial charge in [-0.1, -0.05) is 144 Å². The summed E-state index contributed by atoms with van der Waals surface area (Å²) in [6.45, 7) is 12.8. The number of hydrogen-bond donors (Lipinski definition) is 2. The van der Waals surface area contributed by atoms with Gasteiger partial charge in [-0.2, -0.15) is 0 Å². The van der Waals surface area contributed by atoms with Crippen LogP contribution in [0.4, 0.5) is 0 Å². The number of nitrogens with one attached hydrogen (secondary N) is 2. The van der Waals surface area contributed by atoms with Crippen LogP contribution < -0.4 is 4.52 Å². The Balaban J connectivity index is 0.000000218. The summed E-state index contributed by atoms with van der Waals surface area (Å²) in [4.78, 5) is 6.24. The van der Waals surface area contributed by atoms with E-state index in [0.29, 0.717) is 5.76 Å². The Hall–Kier alpha value is -4.62. The van der Waals surface area contributed by atoms with Crippen LogP contribution in [0.1, 0.15) is 52.5 Å². The third kappa shape index (κ3) is 12.1. The van der Waals surface area contributed by atoms with Crippen molar-refractivity contribution in [3.63, 3.8) is 0 Å². The van der Waals surface area contributed by atoms with Crippen molar-refractivity contribution in [3.05, 3.63) is 169 Å². The first-order chi connectivity index (χ1) is 24.0. The molecule has 0 saturated heterocycles. The molecule has 254 valence electrons. The van der Waals surface area contributed by atoms with Crippen LogP contribution in [0.3, 0.4) is 0 Å². The third-order valence-corrected chi connectivity index (χ3v) is 7.54. The standard InChI is InChI=1S/C21H20O2P2.2C8H7N.2C3H8/c1-15(19(22-24)13-11-16-7-3-2-4-8-16)21-18-10-6-5-9-17(18)12-14-20(21)23-25;2*1-2-4-8-7(3-1)5-6-9-8;2*1-3-2/h2-7,9-14H,1,8,24-25H2;2*1-6,9H;2*3H2,1-2H3/b16-11-,19-13+;;;;. The fraction of sp³-hybridized carbons (Fsp3) is 0.163. The van der Waals surface area contributed by atoms with Crippen molar-refractivity contribution < 1.29 is 9.05 Å². The molecule has 2 atom stereocenters. The molecular formula is C43H50N2O2P2. The lowest BCUT2D eigenvalue weighted by atomic mass is 9.96. The monoisotopic (exact) mass is 688 g/mol. The number of hydrogen-bond acceptors (Lipinski definition) is 2. The fourth-order valence-corrected chi connectivity index (χ4v) is 5.24. The summed E-state index contributed by atoms with van der Waals surface area (Å²) in [5.74, 6) is 1.43. The van der Waals surface area contributed by atoms with Gasteiger partial charge >= 0.3 is 0 Å². The van der Waals surface area contributed by atoms with Gasteiger partial charge in [0.15, 0.2) is 0 Å². The summed E-state index contributed by atoms with van der Waals surface area (Å²) in [6.07, 6.45) is 19.6. The van der Waals surface area contributed by atoms with Crippen molar-refractivity contribution in [3.8, 4) is 5.75 Å². The van der Waals surface area contributed by atoms with Crippen molar-refractivity contribution in [2.75, 3.05) is 0 Å². The molecule has 49 heavy (non-hydrogen) atoms. The average Bonchev–Trinajstić information content (AvgIpc) is 3.83. The summed E-state index contributed by atoms with van der Waals surface area (Å²) in [5.41, 5.74) is 5.33. The molecule has 0 radical (unpaired) electrons. The Labute approximate surface area is 297 Å². The highest BCUT2D eigenvalue weighted by atomic mass is 31.0. The second-order valence-electron chi connectivity index (χ2n) is 11.2. The van der Waals surface area contributed by atoms with E-state index >= 15 is 0 Å².